The number of carbonyl (C=O) groups excluding carboxylic acids is 2. The number of benzene rings is 1. The van der Waals surface area contributed by atoms with Crippen molar-refractivity contribution in [1.82, 2.24) is 15.1 Å². The molecule has 158 valence electrons. The van der Waals surface area contributed by atoms with Gasteiger partial charge in [-0.05, 0) is 24.1 Å². The van der Waals surface area contributed by atoms with Gasteiger partial charge in [0.1, 0.15) is 12.4 Å². The zero-order valence-corrected chi connectivity index (χ0v) is 16.0. The molecule has 1 aromatic carbocycles. The molecule has 2 atom stereocenters. The lowest BCUT2D eigenvalue weighted by Gasteiger charge is -2.46. The van der Waals surface area contributed by atoms with Crippen molar-refractivity contribution < 1.29 is 32.2 Å². The summed E-state index contributed by atoms with van der Waals surface area (Å²) in [7, 11) is 0. The maximum Gasteiger partial charge on any atom is 0.573 e. The van der Waals surface area contributed by atoms with E-state index < -0.39 is 12.1 Å². The quantitative estimate of drug-likeness (QED) is 0.777. The molecule has 3 heterocycles. The molecule has 0 spiro atoms. The predicted octanol–water partition coefficient (Wildman–Crippen LogP) is 2.35. The third kappa shape index (κ3) is 4.37. The molecule has 11 heteroatoms. The molecule has 7 nitrogen and oxygen atoms in total. The third-order valence-corrected chi connectivity index (χ3v) is 5.70. The maximum atomic E-state index is 12.7. The molecule has 1 unspecified atom stereocenters. The van der Waals surface area contributed by atoms with Gasteiger partial charge in [-0.3, -0.25) is 4.79 Å². The van der Waals surface area contributed by atoms with Gasteiger partial charge in [0, 0.05) is 32.1 Å². The van der Waals surface area contributed by atoms with Crippen LogP contribution in [0.15, 0.2) is 18.2 Å². The number of morpholine rings is 1. The average molecular weight is 434 g/mol. The Morgan fingerprint density at radius 1 is 1.24 bits per heavy atom. The van der Waals surface area contributed by atoms with Gasteiger partial charge in [-0.15, -0.1) is 13.2 Å². The van der Waals surface area contributed by atoms with Gasteiger partial charge in [0.2, 0.25) is 5.91 Å². The fraction of sp³-hybridized carbons (Fsp3) is 0.556. The van der Waals surface area contributed by atoms with E-state index in [1.807, 2.05) is 0 Å². The number of piperidine rings is 1. The van der Waals surface area contributed by atoms with Crippen molar-refractivity contribution in [1.29, 1.82) is 0 Å². The fourth-order valence-electron chi connectivity index (χ4n) is 3.90. The van der Waals surface area contributed by atoms with E-state index in [0.29, 0.717) is 32.6 Å². The monoisotopic (exact) mass is 433 g/mol. The lowest BCUT2D eigenvalue weighted by Crippen LogP contribution is -2.63. The minimum atomic E-state index is -4.80. The van der Waals surface area contributed by atoms with E-state index in [4.69, 9.17) is 16.3 Å². The second-order valence-corrected chi connectivity index (χ2v) is 7.79. The number of hydrogen-bond donors (Lipinski definition) is 1. The minimum Gasteiger partial charge on any atom is -0.404 e. The van der Waals surface area contributed by atoms with Crippen LogP contribution < -0.4 is 10.1 Å². The first-order valence-corrected chi connectivity index (χ1v) is 9.57. The summed E-state index contributed by atoms with van der Waals surface area (Å²) >= 11 is 5.90. The minimum absolute atomic E-state index is 0.00774. The summed E-state index contributed by atoms with van der Waals surface area (Å²) in [6.07, 6.45) is -4.22. The zero-order chi connectivity index (χ0) is 20.8. The second kappa shape index (κ2) is 7.56. The molecule has 0 aliphatic carbocycles. The molecule has 0 aromatic heterocycles. The normalized spacial score (nSPS) is 25.2. The molecule has 0 bridgehead atoms. The summed E-state index contributed by atoms with van der Waals surface area (Å²) in [5.41, 5.74) is 0.750. The van der Waals surface area contributed by atoms with Gasteiger partial charge in [0.25, 0.3) is 0 Å². The highest BCUT2D eigenvalue weighted by Crippen LogP contribution is 2.35. The highest BCUT2D eigenvalue weighted by molar-refractivity contribution is 6.32. The van der Waals surface area contributed by atoms with Crippen LogP contribution in [0, 0.1) is 0 Å². The predicted molar refractivity (Wildman–Crippen MR) is 95.7 cm³/mol. The van der Waals surface area contributed by atoms with Crippen LogP contribution in [-0.4, -0.2) is 73.0 Å². The molecule has 0 radical (unpaired) electrons. The Morgan fingerprint density at radius 3 is 2.69 bits per heavy atom. The first-order valence-electron chi connectivity index (χ1n) is 9.19. The third-order valence-electron chi connectivity index (χ3n) is 5.40. The summed E-state index contributed by atoms with van der Waals surface area (Å²) in [6, 6.07) is 3.83. The van der Waals surface area contributed by atoms with E-state index in [1.54, 1.807) is 9.80 Å². The van der Waals surface area contributed by atoms with Crippen LogP contribution in [0.5, 0.6) is 5.75 Å². The average Bonchev–Trinajstić information content (AvgIpc) is 2.61. The van der Waals surface area contributed by atoms with Gasteiger partial charge in [-0.2, -0.15) is 0 Å². The first kappa shape index (κ1) is 20.1. The Kier molecular flexibility index (Phi) is 5.24. The van der Waals surface area contributed by atoms with Gasteiger partial charge in [-0.1, -0.05) is 17.7 Å². The fourth-order valence-corrected chi connectivity index (χ4v) is 4.13. The molecule has 3 saturated heterocycles. The largest absolute Gasteiger partial charge is 0.573 e. The van der Waals surface area contributed by atoms with Crippen molar-refractivity contribution in [3.05, 3.63) is 28.8 Å². The summed E-state index contributed by atoms with van der Waals surface area (Å²) in [5, 5.41) is 2.73. The van der Waals surface area contributed by atoms with Crippen LogP contribution in [0.4, 0.5) is 18.0 Å². The van der Waals surface area contributed by atoms with E-state index in [9.17, 15) is 22.8 Å². The van der Waals surface area contributed by atoms with Crippen molar-refractivity contribution in [3.8, 4) is 5.75 Å². The van der Waals surface area contributed by atoms with Crippen LogP contribution >= 0.6 is 11.6 Å². The maximum absolute atomic E-state index is 12.7. The summed E-state index contributed by atoms with van der Waals surface area (Å²) < 4.78 is 46.4. The van der Waals surface area contributed by atoms with Crippen molar-refractivity contribution in [2.24, 2.45) is 0 Å². The van der Waals surface area contributed by atoms with E-state index in [2.05, 4.69) is 10.1 Å². The van der Waals surface area contributed by atoms with Crippen LogP contribution in [-0.2, 0) is 9.53 Å². The Hall–Kier alpha value is -2.20. The number of hydrogen-bond acceptors (Lipinski definition) is 4. The Morgan fingerprint density at radius 2 is 2.00 bits per heavy atom. The SMILES string of the molecule is O=C1COC2CCN(C(=O)N3CC(c4ccc(OC(F)(F)F)c(Cl)c4)C3)C[C@H]2N1. The molecule has 3 aliphatic heterocycles. The number of likely N-dealkylation sites (tertiary alicyclic amines) is 2. The van der Waals surface area contributed by atoms with Gasteiger partial charge >= 0.3 is 12.4 Å². The summed E-state index contributed by atoms with van der Waals surface area (Å²) in [6.45, 7) is 1.89. The highest BCUT2D eigenvalue weighted by Gasteiger charge is 2.40. The number of nitrogens with zero attached hydrogens (tertiary/aromatic N) is 2. The first-order chi connectivity index (χ1) is 13.7. The number of nitrogens with one attached hydrogen (secondary N) is 1. The number of rotatable bonds is 2. The van der Waals surface area contributed by atoms with Crippen molar-refractivity contribution in [3.63, 3.8) is 0 Å². The second-order valence-electron chi connectivity index (χ2n) is 7.38. The number of ether oxygens (including phenoxy) is 2. The van der Waals surface area contributed by atoms with Gasteiger partial charge in [-0.25, -0.2) is 4.79 Å². The van der Waals surface area contributed by atoms with E-state index in [0.717, 1.165) is 5.56 Å². The number of alkyl halides is 3. The highest BCUT2D eigenvalue weighted by atomic mass is 35.5. The lowest BCUT2D eigenvalue weighted by atomic mass is 9.91. The number of carbonyl (C=O) groups is 2. The van der Waals surface area contributed by atoms with Crippen LogP contribution in [0.3, 0.4) is 0 Å². The van der Waals surface area contributed by atoms with Gasteiger partial charge in [0.05, 0.1) is 17.2 Å². The molecule has 1 aromatic rings. The Labute approximate surface area is 169 Å². The Bertz CT molecular complexity index is 816. The van der Waals surface area contributed by atoms with Gasteiger partial charge in [0.15, 0.2) is 0 Å². The zero-order valence-electron chi connectivity index (χ0n) is 15.2. The van der Waals surface area contributed by atoms with Crippen molar-refractivity contribution in [2.75, 3.05) is 32.8 Å². The molecular weight excluding hydrogens is 415 g/mol. The van der Waals surface area contributed by atoms with Crippen LogP contribution in [0.1, 0.15) is 17.9 Å². The van der Waals surface area contributed by atoms with Gasteiger partial charge < -0.3 is 24.6 Å². The van der Waals surface area contributed by atoms with E-state index in [-0.39, 0.29) is 41.6 Å². The molecular formula is C18H19ClF3N3O4. The molecule has 0 saturated carbocycles. The molecule has 4 rings (SSSR count). The number of halogens is 4. The van der Waals surface area contributed by atoms with Crippen LogP contribution in [0.2, 0.25) is 5.02 Å². The number of fused-ring (bicyclic) bond motifs is 1. The molecule has 29 heavy (non-hydrogen) atoms. The summed E-state index contributed by atoms with van der Waals surface area (Å²) in [4.78, 5) is 27.6. The smallest absolute Gasteiger partial charge is 0.404 e. The number of amides is 3. The standard InChI is InChI=1S/C18H19ClF3N3O4/c19-12-5-10(1-2-14(12)29-18(20,21)22)11-6-25(7-11)17(27)24-4-3-15-13(8-24)23-16(26)9-28-15/h1-2,5,11,13,15H,3-4,6-9H2,(H,23,26)/t13-,15?/m1/s1. The Balaban J connectivity index is 1.32. The lowest BCUT2D eigenvalue weighted by molar-refractivity contribution is -0.274. The molecule has 3 aliphatic rings. The molecule has 1 N–H and O–H groups in total. The van der Waals surface area contributed by atoms with E-state index in [1.165, 1.54) is 18.2 Å². The van der Waals surface area contributed by atoms with Crippen molar-refractivity contribution >= 4 is 23.5 Å². The topological polar surface area (TPSA) is 71.1 Å². The van der Waals surface area contributed by atoms with Crippen molar-refractivity contribution in [2.45, 2.75) is 30.8 Å². The summed E-state index contributed by atoms with van der Waals surface area (Å²) in [5.74, 6) is -0.638. The van der Waals surface area contributed by atoms with E-state index >= 15 is 0 Å². The van der Waals surface area contributed by atoms with Crippen LogP contribution in [0.25, 0.3) is 0 Å². The molecule has 3 fully saturated rings. The number of urea groups is 1. The molecule has 3 amide bonds.